The number of benzene rings is 3. The first-order valence-corrected chi connectivity index (χ1v) is 12.9. The topological polar surface area (TPSA) is 60.9 Å². The van der Waals surface area contributed by atoms with E-state index in [1.54, 1.807) is 6.08 Å². The lowest BCUT2D eigenvalue weighted by atomic mass is 9.74. The minimum Gasteiger partial charge on any atom is -0.478 e. The van der Waals surface area contributed by atoms with Gasteiger partial charge in [-0.05, 0) is 65.4 Å². The fraction of sp³-hybridized carbons (Fsp3) is 0.312. The number of aliphatic carboxylic acids is 1. The molecule has 0 aliphatic heterocycles. The zero-order valence-electron chi connectivity index (χ0n) is 22.0. The number of carboxylic acid groups (broad SMARTS) is 1. The molecule has 4 rings (SSSR count). The molecule has 0 spiro atoms. The van der Waals surface area contributed by atoms with E-state index in [0.717, 1.165) is 65.4 Å². The second-order valence-electron chi connectivity index (χ2n) is 10.4. The van der Waals surface area contributed by atoms with Gasteiger partial charge >= 0.3 is 5.97 Å². The van der Waals surface area contributed by atoms with Crippen LogP contribution in [0.15, 0.2) is 78.9 Å². The van der Waals surface area contributed by atoms with Crippen molar-refractivity contribution in [2.45, 2.75) is 45.6 Å². The molecule has 0 radical (unpaired) electrons. The Balaban J connectivity index is 1.62. The smallest absolute Gasteiger partial charge is 0.328 e. The van der Waals surface area contributed by atoms with Crippen LogP contribution < -0.4 is 9.80 Å². The van der Waals surface area contributed by atoms with Crippen LogP contribution in [0.2, 0.25) is 0 Å². The zero-order valence-corrected chi connectivity index (χ0v) is 22.0. The predicted octanol–water partition coefficient (Wildman–Crippen LogP) is 7.02. The van der Waals surface area contributed by atoms with Gasteiger partial charge in [0.1, 0.15) is 0 Å². The van der Waals surface area contributed by atoms with Crippen molar-refractivity contribution < 1.29 is 14.7 Å². The Morgan fingerprint density at radius 1 is 0.865 bits per heavy atom. The number of rotatable bonds is 8. The van der Waals surface area contributed by atoms with Crippen molar-refractivity contribution in [3.8, 4) is 11.1 Å². The van der Waals surface area contributed by atoms with Gasteiger partial charge in [0.05, 0.1) is 6.54 Å². The number of hydrogen-bond acceptors (Lipinski definition) is 3. The number of nitrogens with zero attached hydrogens (tertiary/aromatic N) is 2. The third-order valence-electron chi connectivity index (χ3n) is 7.33. The highest BCUT2D eigenvalue weighted by Gasteiger charge is 2.38. The Labute approximate surface area is 220 Å². The quantitative estimate of drug-likeness (QED) is 0.340. The highest BCUT2D eigenvalue weighted by Crippen LogP contribution is 2.39. The minimum atomic E-state index is -0.996. The molecule has 1 aliphatic carbocycles. The van der Waals surface area contributed by atoms with Crippen molar-refractivity contribution >= 4 is 29.3 Å². The summed E-state index contributed by atoms with van der Waals surface area (Å²) in [6.45, 7) is 2.55. The monoisotopic (exact) mass is 496 g/mol. The van der Waals surface area contributed by atoms with Gasteiger partial charge in [-0.25, -0.2) is 4.79 Å². The Morgan fingerprint density at radius 3 is 2.08 bits per heavy atom. The second kappa shape index (κ2) is 11.5. The van der Waals surface area contributed by atoms with E-state index < -0.39 is 5.97 Å². The molecular weight excluding hydrogens is 460 g/mol. The van der Waals surface area contributed by atoms with E-state index in [2.05, 4.69) is 60.4 Å². The van der Waals surface area contributed by atoms with Gasteiger partial charge in [-0.1, -0.05) is 74.7 Å². The number of anilines is 2. The first-order chi connectivity index (χ1) is 17.7. The van der Waals surface area contributed by atoms with E-state index >= 15 is 0 Å². The highest BCUT2D eigenvalue weighted by atomic mass is 16.4. The molecule has 192 valence electrons. The van der Waals surface area contributed by atoms with Crippen molar-refractivity contribution in [2.24, 2.45) is 5.41 Å². The molecule has 1 amide bonds. The molecule has 1 aliphatic rings. The molecule has 1 fully saturated rings. The summed E-state index contributed by atoms with van der Waals surface area (Å²) in [4.78, 5) is 29.0. The average Bonchev–Trinajstić information content (AvgIpc) is 2.91. The van der Waals surface area contributed by atoms with Crippen molar-refractivity contribution in [3.05, 3.63) is 90.0 Å². The molecule has 0 heterocycles. The number of hydrogen-bond donors (Lipinski definition) is 1. The van der Waals surface area contributed by atoms with E-state index in [1.165, 1.54) is 6.42 Å². The first kappa shape index (κ1) is 26.2. The van der Waals surface area contributed by atoms with Gasteiger partial charge in [-0.15, -0.1) is 0 Å². The number of carboxylic acids is 1. The summed E-state index contributed by atoms with van der Waals surface area (Å²) in [6.07, 6.45) is 7.78. The van der Waals surface area contributed by atoms with Crippen LogP contribution in [0.4, 0.5) is 11.4 Å². The van der Waals surface area contributed by atoms with Gasteiger partial charge in [0.2, 0.25) is 5.91 Å². The fourth-order valence-corrected chi connectivity index (χ4v) is 5.05. The Kier molecular flexibility index (Phi) is 8.12. The van der Waals surface area contributed by atoms with Gasteiger partial charge in [0.25, 0.3) is 0 Å². The van der Waals surface area contributed by atoms with Crippen LogP contribution in [-0.2, 0) is 16.1 Å². The van der Waals surface area contributed by atoms with E-state index in [0.29, 0.717) is 6.54 Å². The van der Waals surface area contributed by atoms with Crippen molar-refractivity contribution in [1.29, 1.82) is 0 Å². The van der Waals surface area contributed by atoms with Gasteiger partial charge in [-0.2, -0.15) is 0 Å². The van der Waals surface area contributed by atoms with Gasteiger partial charge < -0.3 is 14.9 Å². The predicted molar refractivity (Wildman–Crippen MR) is 152 cm³/mol. The lowest BCUT2D eigenvalue weighted by molar-refractivity contribution is -0.131. The standard InChI is InChI=1S/C32H36N2O3/c1-32(20-5-4-6-21-32)31(37)34(29-9-7-8-24(22-29)12-19-30(35)36)23-25-10-13-26(14-11-25)27-15-17-28(18-16-27)33(2)3/h7-19,22H,4-6,20-21,23H2,1-3H3,(H,35,36)/b19-12+. The van der Waals surface area contributed by atoms with Crippen LogP contribution in [0.1, 0.15) is 50.2 Å². The number of carbonyl (C=O) groups excluding carboxylic acids is 1. The average molecular weight is 497 g/mol. The molecule has 0 saturated heterocycles. The maximum atomic E-state index is 14.0. The normalized spacial score (nSPS) is 14.9. The van der Waals surface area contributed by atoms with Crippen LogP contribution in [0.25, 0.3) is 17.2 Å². The maximum Gasteiger partial charge on any atom is 0.328 e. The molecular formula is C32H36N2O3. The summed E-state index contributed by atoms with van der Waals surface area (Å²) in [5.41, 5.74) is 5.64. The second-order valence-corrected chi connectivity index (χ2v) is 10.4. The summed E-state index contributed by atoms with van der Waals surface area (Å²) in [5.74, 6) is -0.862. The van der Waals surface area contributed by atoms with Crippen molar-refractivity contribution in [2.75, 3.05) is 23.9 Å². The highest BCUT2D eigenvalue weighted by molar-refractivity contribution is 5.97. The number of carbonyl (C=O) groups is 2. The van der Waals surface area contributed by atoms with Crippen LogP contribution in [0.3, 0.4) is 0 Å². The summed E-state index contributed by atoms with van der Waals surface area (Å²) in [7, 11) is 4.06. The summed E-state index contributed by atoms with van der Waals surface area (Å²) >= 11 is 0. The lowest BCUT2D eigenvalue weighted by Crippen LogP contribution is -2.43. The Hall–Kier alpha value is -3.86. The molecule has 1 saturated carbocycles. The minimum absolute atomic E-state index is 0.134. The van der Waals surface area contributed by atoms with E-state index in [9.17, 15) is 9.59 Å². The van der Waals surface area contributed by atoms with Crippen LogP contribution in [0.5, 0.6) is 0 Å². The lowest BCUT2D eigenvalue weighted by Gasteiger charge is -2.37. The van der Waals surface area contributed by atoms with Gasteiger partial charge in [-0.3, -0.25) is 4.79 Å². The largest absolute Gasteiger partial charge is 0.478 e. The molecule has 0 atom stereocenters. The summed E-state index contributed by atoms with van der Waals surface area (Å²) in [6, 6.07) is 24.4. The molecule has 0 bridgehead atoms. The van der Waals surface area contributed by atoms with Crippen molar-refractivity contribution in [1.82, 2.24) is 0 Å². The SMILES string of the molecule is CN(C)c1ccc(-c2ccc(CN(C(=O)C3(C)CCCCC3)c3cccc(/C=C/C(=O)O)c3)cc2)cc1. The van der Waals surface area contributed by atoms with Gasteiger partial charge in [0, 0.05) is 37.0 Å². The van der Waals surface area contributed by atoms with E-state index in [1.807, 2.05) is 43.3 Å². The van der Waals surface area contributed by atoms with Crippen LogP contribution >= 0.6 is 0 Å². The fourth-order valence-electron chi connectivity index (χ4n) is 5.05. The third kappa shape index (κ3) is 6.48. The van der Waals surface area contributed by atoms with Gasteiger partial charge in [0.15, 0.2) is 0 Å². The summed E-state index contributed by atoms with van der Waals surface area (Å²) < 4.78 is 0. The molecule has 0 unspecified atom stereocenters. The molecule has 3 aromatic rings. The molecule has 37 heavy (non-hydrogen) atoms. The van der Waals surface area contributed by atoms with E-state index in [-0.39, 0.29) is 11.3 Å². The molecule has 1 N–H and O–H groups in total. The maximum absolute atomic E-state index is 14.0. The van der Waals surface area contributed by atoms with Crippen LogP contribution in [-0.4, -0.2) is 31.1 Å². The molecule has 5 heteroatoms. The third-order valence-corrected chi connectivity index (χ3v) is 7.33. The Morgan fingerprint density at radius 2 is 1.49 bits per heavy atom. The van der Waals surface area contributed by atoms with Crippen LogP contribution in [0, 0.1) is 5.41 Å². The molecule has 5 nitrogen and oxygen atoms in total. The number of amides is 1. The Bertz CT molecular complexity index is 1250. The van der Waals surface area contributed by atoms with E-state index in [4.69, 9.17) is 5.11 Å². The summed E-state index contributed by atoms with van der Waals surface area (Å²) in [5, 5.41) is 9.03. The molecule has 0 aromatic heterocycles. The molecule has 3 aromatic carbocycles. The first-order valence-electron chi connectivity index (χ1n) is 12.9. The van der Waals surface area contributed by atoms with Crippen molar-refractivity contribution in [3.63, 3.8) is 0 Å². The zero-order chi connectivity index (χ0) is 26.4.